The predicted octanol–water partition coefficient (Wildman–Crippen LogP) is 4.52. The molecular weight excluding hydrogens is 410 g/mol. The van der Waals surface area contributed by atoms with Gasteiger partial charge in [0.25, 0.3) is 0 Å². The molecule has 0 radical (unpaired) electrons. The van der Waals surface area contributed by atoms with E-state index in [0.717, 1.165) is 35.6 Å². The van der Waals surface area contributed by atoms with E-state index in [1.165, 1.54) is 28.7 Å². The van der Waals surface area contributed by atoms with Crippen LogP contribution < -0.4 is 10.2 Å². The predicted molar refractivity (Wildman–Crippen MR) is 118 cm³/mol. The smallest absolute Gasteiger partial charge is 0.236 e. The molecule has 28 heavy (non-hydrogen) atoms. The van der Waals surface area contributed by atoms with Gasteiger partial charge < -0.3 is 10.2 Å². The van der Waals surface area contributed by atoms with Crippen LogP contribution in [0.5, 0.6) is 0 Å². The third-order valence-corrected chi connectivity index (χ3v) is 6.96. The van der Waals surface area contributed by atoms with Gasteiger partial charge in [0, 0.05) is 17.6 Å². The minimum Gasteiger partial charge on any atom is -0.311 e. The molecule has 1 aliphatic rings. The zero-order valence-electron chi connectivity index (χ0n) is 15.1. The monoisotopic (exact) mass is 429 g/mol. The van der Waals surface area contributed by atoms with Crippen LogP contribution in [-0.4, -0.2) is 34.8 Å². The number of thioether (sulfide) groups is 1. The highest BCUT2D eigenvalue weighted by Crippen LogP contribution is 2.29. The Hall–Kier alpha value is -2.16. The van der Waals surface area contributed by atoms with Gasteiger partial charge in [-0.05, 0) is 35.9 Å². The van der Waals surface area contributed by atoms with Crippen molar-refractivity contribution in [2.24, 2.45) is 0 Å². The van der Waals surface area contributed by atoms with Gasteiger partial charge in [0.05, 0.1) is 22.1 Å². The zero-order chi connectivity index (χ0) is 19.3. The van der Waals surface area contributed by atoms with Crippen molar-refractivity contribution in [3.8, 4) is 10.6 Å². The minimum atomic E-state index is -0.135. The number of nitrogens with one attached hydrogen (secondary N) is 1. The Balaban J connectivity index is 1.26. The van der Waals surface area contributed by atoms with Gasteiger partial charge in [-0.1, -0.05) is 24.3 Å². The third-order valence-electron chi connectivity index (χ3n) is 4.39. The summed E-state index contributed by atoms with van der Waals surface area (Å²) in [5, 5.41) is 7.35. The average molecular weight is 430 g/mol. The van der Waals surface area contributed by atoms with Crippen LogP contribution in [0.2, 0.25) is 0 Å². The van der Waals surface area contributed by atoms with Crippen LogP contribution in [-0.2, 0) is 16.0 Å². The molecule has 0 atom stereocenters. The standard InChI is InChI=1S/C20H19N3O2S3/c24-18(22-20-21-15(11-28-20)17-8-4-10-27-17)12-26-13-19(25)23-9-3-6-14-5-1-2-7-16(14)23/h1-2,4-5,7-8,10-11H,3,6,9,12-13H2,(H,21,22,24). The third kappa shape index (κ3) is 4.45. The maximum Gasteiger partial charge on any atom is 0.236 e. The summed E-state index contributed by atoms with van der Waals surface area (Å²) >= 11 is 4.37. The summed E-state index contributed by atoms with van der Waals surface area (Å²) in [5.74, 6) is 0.443. The molecule has 0 spiro atoms. The van der Waals surface area contributed by atoms with Crippen LogP contribution in [0.25, 0.3) is 10.6 Å². The average Bonchev–Trinajstić information content (AvgIpc) is 3.39. The number of benzene rings is 1. The summed E-state index contributed by atoms with van der Waals surface area (Å²) in [6.45, 7) is 0.743. The molecule has 0 aliphatic carbocycles. The molecule has 144 valence electrons. The summed E-state index contributed by atoms with van der Waals surface area (Å²) in [5.41, 5.74) is 3.10. The fourth-order valence-electron chi connectivity index (χ4n) is 3.13. The molecule has 8 heteroatoms. The highest BCUT2D eigenvalue weighted by molar-refractivity contribution is 8.00. The summed E-state index contributed by atoms with van der Waals surface area (Å²) < 4.78 is 0. The van der Waals surface area contributed by atoms with E-state index in [1.807, 2.05) is 46.0 Å². The number of hydrogen-bond donors (Lipinski definition) is 1. The maximum atomic E-state index is 12.6. The Morgan fingerprint density at radius 1 is 1.14 bits per heavy atom. The lowest BCUT2D eigenvalue weighted by atomic mass is 10.0. The van der Waals surface area contributed by atoms with E-state index < -0.39 is 0 Å². The molecule has 5 nitrogen and oxygen atoms in total. The van der Waals surface area contributed by atoms with Gasteiger partial charge in [0.2, 0.25) is 11.8 Å². The van der Waals surface area contributed by atoms with Crippen molar-refractivity contribution in [2.45, 2.75) is 12.8 Å². The summed E-state index contributed by atoms with van der Waals surface area (Å²) in [6, 6.07) is 12.0. The van der Waals surface area contributed by atoms with Crippen molar-refractivity contribution in [1.29, 1.82) is 0 Å². The van der Waals surface area contributed by atoms with Gasteiger partial charge >= 0.3 is 0 Å². The van der Waals surface area contributed by atoms with Crippen LogP contribution >= 0.6 is 34.4 Å². The van der Waals surface area contributed by atoms with E-state index >= 15 is 0 Å². The molecular formula is C20H19N3O2S3. The number of thiophene rings is 1. The number of rotatable bonds is 6. The van der Waals surface area contributed by atoms with Crippen molar-refractivity contribution in [2.75, 3.05) is 28.3 Å². The first kappa shape index (κ1) is 19.2. The van der Waals surface area contributed by atoms with Gasteiger partial charge in [-0.25, -0.2) is 4.98 Å². The molecule has 1 aliphatic heterocycles. The van der Waals surface area contributed by atoms with E-state index in [-0.39, 0.29) is 17.6 Å². The zero-order valence-corrected chi connectivity index (χ0v) is 17.5. The second kappa shape index (κ2) is 8.89. The molecule has 2 aromatic heterocycles. The summed E-state index contributed by atoms with van der Waals surface area (Å²) in [6.07, 6.45) is 1.99. The highest BCUT2D eigenvalue weighted by Gasteiger charge is 2.22. The van der Waals surface area contributed by atoms with Crippen molar-refractivity contribution < 1.29 is 9.59 Å². The van der Waals surface area contributed by atoms with Crippen LogP contribution in [0, 0.1) is 0 Å². The van der Waals surface area contributed by atoms with E-state index in [9.17, 15) is 9.59 Å². The largest absolute Gasteiger partial charge is 0.311 e. The van der Waals surface area contributed by atoms with Crippen LogP contribution in [0.1, 0.15) is 12.0 Å². The molecule has 1 N–H and O–H groups in total. The number of thiazole rings is 1. The molecule has 2 amide bonds. The minimum absolute atomic E-state index is 0.0548. The number of fused-ring (bicyclic) bond motifs is 1. The number of amides is 2. The molecule has 0 unspecified atom stereocenters. The van der Waals surface area contributed by atoms with Crippen LogP contribution in [0.4, 0.5) is 10.8 Å². The number of para-hydroxylation sites is 1. The number of aromatic nitrogens is 1. The number of aryl methyl sites for hydroxylation is 1. The molecule has 0 fully saturated rings. The number of nitrogens with zero attached hydrogens (tertiary/aromatic N) is 2. The van der Waals surface area contributed by atoms with E-state index in [4.69, 9.17) is 0 Å². The lowest BCUT2D eigenvalue weighted by molar-refractivity contribution is -0.116. The maximum absolute atomic E-state index is 12.6. The second-order valence-electron chi connectivity index (χ2n) is 6.33. The van der Waals surface area contributed by atoms with Crippen molar-refractivity contribution in [3.63, 3.8) is 0 Å². The Morgan fingerprint density at radius 2 is 2.04 bits per heavy atom. The molecule has 3 aromatic rings. The normalized spacial score (nSPS) is 13.2. The molecule has 3 heterocycles. The summed E-state index contributed by atoms with van der Waals surface area (Å²) in [7, 11) is 0. The number of anilines is 2. The lowest BCUT2D eigenvalue weighted by Crippen LogP contribution is -2.36. The van der Waals surface area contributed by atoms with E-state index in [0.29, 0.717) is 10.9 Å². The Labute approximate surface area is 175 Å². The number of carbonyl (C=O) groups excluding carboxylic acids is 2. The van der Waals surface area contributed by atoms with Gasteiger partial charge in [-0.2, -0.15) is 0 Å². The first-order valence-electron chi connectivity index (χ1n) is 8.96. The lowest BCUT2D eigenvalue weighted by Gasteiger charge is -2.29. The molecule has 4 rings (SSSR count). The van der Waals surface area contributed by atoms with E-state index in [2.05, 4.69) is 16.4 Å². The topological polar surface area (TPSA) is 62.3 Å². The van der Waals surface area contributed by atoms with Gasteiger partial charge in [-0.15, -0.1) is 34.4 Å². The second-order valence-corrected chi connectivity index (χ2v) is 9.13. The van der Waals surface area contributed by atoms with Crippen molar-refractivity contribution >= 4 is 57.1 Å². The fourth-order valence-corrected chi connectivity index (χ4v) is 5.30. The van der Waals surface area contributed by atoms with Gasteiger partial charge in [-0.3, -0.25) is 9.59 Å². The van der Waals surface area contributed by atoms with E-state index in [1.54, 1.807) is 11.3 Å². The molecule has 0 saturated carbocycles. The SMILES string of the molecule is O=C(CSCC(=O)N1CCCc2ccccc21)Nc1nc(-c2cccs2)cs1. The fraction of sp³-hybridized carbons (Fsp3) is 0.250. The van der Waals surface area contributed by atoms with Gasteiger partial charge in [0.15, 0.2) is 5.13 Å². The van der Waals surface area contributed by atoms with Crippen LogP contribution in [0.15, 0.2) is 47.2 Å². The Morgan fingerprint density at radius 3 is 2.89 bits per heavy atom. The van der Waals surface area contributed by atoms with Gasteiger partial charge in [0.1, 0.15) is 0 Å². The quantitative estimate of drug-likeness (QED) is 0.626. The van der Waals surface area contributed by atoms with Crippen LogP contribution in [0.3, 0.4) is 0 Å². The van der Waals surface area contributed by atoms with Crippen molar-refractivity contribution in [3.05, 3.63) is 52.7 Å². The molecule has 0 bridgehead atoms. The first-order chi connectivity index (χ1) is 13.7. The number of hydrogen-bond acceptors (Lipinski definition) is 6. The summed E-state index contributed by atoms with van der Waals surface area (Å²) in [4.78, 5) is 32.2. The van der Waals surface area contributed by atoms with Crippen molar-refractivity contribution in [1.82, 2.24) is 4.98 Å². The Kier molecular flexibility index (Phi) is 6.09. The first-order valence-corrected chi connectivity index (χ1v) is 11.9. The molecule has 1 aromatic carbocycles. The Bertz CT molecular complexity index is 969. The highest BCUT2D eigenvalue weighted by atomic mass is 32.2. The number of carbonyl (C=O) groups is 2. The molecule has 0 saturated heterocycles.